The second-order valence-corrected chi connectivity index (χ2v) is 3.38. The molecule has 2 rings (SSSR count). The maximum atomic E-state index is 9.68. The maximum Gasteiger partial charge on any atom is 0.186 e. The Kier molecular flexibility index (Phi) is 3.01. The van der Waals surface area contributed by atoms with Gasteiger partial charge in [0.25, 0.3) is 0 Å². The summed E-state index contributed by atoms with van der Waals surface area (Å²) in [6, 6.07) is 0. The summed E-state index contributed by atoms with van der Waals surface area (Å²) in [7, 11) is 1.41. The number of hydrogen-bond acceptors (Lipinski definition) is 6. The van der Waals surface area contributed by atoms with E-state index in [1.165, 1.54) is 7.11 Å². The second kappa shape index (κ2) is 4.09. The van der Waals surface area contributed by atoms with Gasteiger partial charge in [0.1, 0.15) is 31.2 Å². The minimum atomic E-state index is -1.08. The predicted molar refractivity (Wildman–Crippen MR) is 43.4 cm³/mol. The highest BCUT2D eigenvalue weighted by molar-refractivity contribution is 4.91. The third-order valence-electron chi connectivity index (χ3n) is 2.50. The fourth-order valence-electron chi connectivity index (χ4n) is 1.73. The summed E-state index contributed by atoms with van der Waals surface area (Å²) in [6.45, 7) is 0.459. The molecule has 0 unspecified atom stereocenters. The van der Waals surface area contributed by atoms with Crippen molar-refractivity contribution in [2.75, 3.05) is 20.5 Å². The first-order chi connectivity index (χ1) is 6.74. The number of methoxy groups -OCH3 is 1. The van der Waals surface area contributed by atoms with Gasteiger partial charge in [-0.1, -0.05) is 0 Å². The van der Waals surface area contributed by atoms with Crippen LogP contribution in [-0.4, -0.2) is 61.4 Å². The standard InChI is InChI=1S/C8H14O6/c1-11-8-6(10)5(9)7-4(14-8)2-12-3-13-7/h4-10H,2-3H2,1H3/t4-,5-,6+,7-,8-/m0/s1. The first-order valence-corrected chi connectivity index (χ1v) is 4.48. The highest BCUT2D eigenvalue weighted by Crippen LogP contribution is 2.26. The van der Waals surface area contributed by atoms with Gasteiger partial charge in [-0.15, -0.1) is 0 Å². The zero-order chi connectivity index (χ0) is 10.1. The van der Waals surface area contributed by atoms with E-state index in [9.17, 15) is 10.2 Å². The second-order valence-electron chi connectivity index (χ2n) is 3.38. The number of rotatable bonds is 1. The minimum absolute atomic E-state index is 0.117. The normalized spacial score (nSPS) is 48.6. The molecule has 0 aliphatic carbocycles. The van der Waals surface area contributed by atoms with Gasteiger partial charge < -0.3 is 29.2 Å². The van der Waals surface area contributed by atoms with E-state index in [0.29, 0.717) is 6.61 Å². The Labute approximate surface area is 81.3 Å². The molecule has 2 aliphatic rings. The highest BCUT2D eigenvalue weighted by Gasteiger charge is 2.46. The van der Waals surface area contributed by atoms with Crippen LogP contribution in [0.25, 0.3) is 0 Å². The molecule has 5 atom stereocenters. The van der Waals surface area contributed by atoms with Crippen LogP contribution in [0.3, 0.4) is 0 Å². The Hall–Kier alpha value is -0.240. The van der Waals surface area contributed by atoms with Crippen molar-refractivity contribution in [3.05, 3.63) is 0 Å². The van der Waals surface area contributed by atoms with E-state index in [1.54, 1.807) is 0 Å². The number of fused-ring (bicyclic) bond motifs is 1. The van der Waals surface area contributed by atoms with Crippen molar-refractivity contribution in [1.29, 1.82) is 0 Å². The van der Waals surface area contributed by atoms with Crippen LogP contribution in [0, 0.1) is 0 Å². The van der Waals surface area contributed by atoms with E-state index in [1.807, 2.05) is 0 Å². The van der Waals surface area contributed by atoms with Crippen molar-refractivity contribution in [1.82, 2.24) is 0 Å². The maximum absolute atomic E-state index is 9.68. The van der Waals surface area contributed by atoms with Gasteiger partial charge in [0.15, 0.2) is 6.29 Å². The molecular weight excluding hydrogens is 192 g/mol. The van der Waals surface area contributed by atoms with Crippen LogP contribution in [0.4, 0.5) is 0 Å². The molecule has 0 radical (unpaired) electrons. The molecule has 0 saturated carbocycles. The first-order valence-electron chi connectivity index (χ1n) is 4.48. The summed E-state index contributed by atoms with van der Waals surface area (Å²) in [6.07, 6.45) is -3.82. The lowest BCUT2D eigenvalue weighted by Crippen LogP contribution is -2.61. The zero-order valence-electron chi connectivity index (χ0n) is 7.83. The van der Waals surface area contributed by atoms with Gasteiger partial charge in [0.2, 0.25) is 0 Å². The molecule has 6 nitrogen and oxygen atoms in total. The molecule has 82 valence electrons. The lowest BCUT2D eigenvalue weighted by atomic mass is 9.99. The summed E-state index contributed by atoms with van der Waals surface area (Å²) in [5, 5.41) is 19.2. The topological polar surface area (TPSA) is 77.4 Å². The monoisotopic (exact) mass is 206 g/mol. The summed E-state index contributed by atoms with van der Waals surface area (Å²) < 4.78 is 20.4. The fourth-order valence-corrected chi connectivity index (χ4v) is 1.73. The molecule has 0 aromatic carbocycles. The number of aliphatic hydroxyl groups is 2. The molecule has 14 heavy (non-hydrogen) atoms. The number of aliphatic hydroxyl groups excluding tert-OH is 2. The largest absolute Gasteiger partial charge is 0.387 e. The Morgan fingerprint density at radius 1 is 1.29 bits per heavy atom. The molecule has 2 heterocycles. The SMILES string of the molecule is CO[C@H]1O[C@H]2COCO[C@@H]2[C@@H](O)[C@H]1O. The molecule has 0 aromatic rings. The summed E-state index contributed by atoms with van der Waals surface area (Å²) in [5.41, 5.74) is 0. The van der Waals surface area contributed by atoms with Crippen molar-refractivity contribution in [2.45, 2.75) is 30.7 Å². The quantitative estimate of drug-likeness (QED) is 0.541. The summed E-state index contributed by atoms with van der Waals surface area (Å²) >= 11 is 0. The summed E-state index contributed by atoms with van der Waals surface area (Å²) in [4.78, 5) is 0. The van der Waals surface area contributed by atoms with Crippen molar-refractivity contribution >= 4 is 0 Å². The molecule has 0 aromatic heterocycles. The first kappa shape index (κ1) is 10.3. The van der Waals surface area contributed by atoms with E-state index >= 15 is 0 Å². The van der Waals surface area contributed by atoms with Crippen LogP contribution in [0.5, 0.6) is 0 Å². The average molecular weight is 206 g/mol. The van der Waals surface area contributed by atoms with Crippen LogP contribution in [0.15, 0.2) is 0 Å². The molecule has 2 N–H and O–H groups in total. The molecule has 2 saturated heterocycles. The lowest BCUT2D eigenvalue weighted by molar-refractivity contribution is -0.334. The van der Waals surface area contributed by atoms with Gasteiger partial charge in [-0.2, -0.15) is 0 Å². The Bertz CT molecular complexity index is 196. The van der Waals surface area contributed by atoms with E-state index in [4.69, 9.17) is 18.9 Å². The van der Waals surface area contributed by atoms with Crippen LogP contribution in [0.1, 0.15) is 0 Å². The van der Waals surface area contributed by atoms with E-state index in [-0.39, 0.29) is 12.9 Å². The highest BCUT2D eigenvalue weighted by atomic mass is 16.7. The van der Waals surface area contributed by atoms with Crippen molar-refractivity contribution in [2.24, 2.45) is 0 Å². The Balaban J connectivity index is 2.07. The van der Waals surface area contributed by atoms with Gasteiger partial charge in [-0.3, -0.25) is 0 Å². The van der Waals surface area contributed by atoms with E-state index in [2.05, 4.69) is 0 Å². The van der Waals surface area contributed by atoms with Gasteiger partial charge in [-0.25, -0.2) is 0 Å². The fraction of sp³-hybridized carbons (Fsp3) is 1.00. The average Bonchev–Trinajstić information content (AvgIpc) is 2.23. The Morgan fingerprint density at radius 2 is 2.07 bits per heavy atom. The third-order valence-corrected chi connectivity index (χ3v) is 2.50. The predicted octanol–water partition coefficient (Wildman–Crippen LogP) is -1.55. The van der Waals surface area contributed by atoms with Gasteiger partial charge in [-0.05, 0) is 0 Å². The van der Waals surface area contributed by atoms with Crippen molar-refractivity contribution in [3.63, 3.8) is 0 Å². The molecule has 0 bridgehead atoms. The van der Waals surface area contributed by atoms with Gasteiger partial charge >= 0.3 is 0 Å². The zero-order valence-corrected chi connectivity index (χ0v) is 7.83. The van der Waals surface area contributed by atoms with Crippen molar-refractivity contribution in [3.8, 4) is 0 Å². The Morgan fingerprint density at radius 3 is 2.79 bits per heavy atom. The summed E-state index contributed by atoms with van der Waals surface area (Å²) in [5.74, 6) is 0. The van der Waals surface area contributed by atoms with Crippen LogP contribution in [0.2, 0.25) is 0 Å². The van der Waals surface area contributed by atoms with E-state index in [0.717, 1.165) is 0 Å². The smallest absolute Gasteiger partial charge is 0.186 e. The number of ether oxygens (including phenoxy) is 4. The van der Waals surface area contributed by atoms with Crippen LogP contribution in [-0.2, 0) is 18.9 Å². The third kappa shape index (κ3) is 1.65. The molecule has 0 amide bonds. The van der Waals surface area contributed by atoms with Gasteiger partial charge in [0.05, 0.1) is 6.61 Å². The minimum Gasteiger partial charge on any atom is -0.387 e. The van der Waals surface area contributed by atoms with Crippen molar-refractivity contribution < 1.29 is 29.2 Å². The van der Waals surface area contributed by atoms with E-state index < -0.39 is 24.6 Å². The lowest BCUT2D eigenvalue weighted by Gasteiger charge is -2.43. The number of hydrogen-bond donors (Lipinski definition) is 2. The molecule has 2 fully saturated rings. The molecule has 2 aliphatic heterocycles. The molecular formula is C8H14O6. The van der Waals surface area contributed by atoms with Gasteiger partial charge in [0, 0.05) is 7.11 Å². The molecule has 6 heteroatoms. The molecule has 0 spiro atoms. The van der Waals surface area contributed by atoms with Crippen LogP contribution >= 0.6 is 0 Å². The van der Waals surface area contributed by atoms with Crippen LogP contribution < -0.4 is 0 Å².